The van der Waals surface area contributed by atoms with Gasteiger partial charge in [0.05, 0.1) is 22.1 Å². The van der Waals surface area contributed by atoms with Crippen LogP contribution in [0.1, 0.15) is 22.3 Å². The van der Waals surface area contributed by atoms with Crippen LogP contribution in [0.25, 0.3) is 72.8 Å². The van der Waals surface area contributed by atoms with Crippen LogP contribution in [0.15, 0.2) is 224 Å². The van der Waals surface area contributed by atoms with E-state index in [4.69, 9.17) is 15.0 Å². The number of nitrogens with zero attached hydrogens (tertiary/aromatic N) is 4. The van der Waals surface area contributed by atoms with Crippen LogP contribution < -0.4 is 15.9 Å². The minimum Gasteiger partial charge on any atom is -0.309 e. The molecule has 0 bridgehead atoms. The van der Waals surface area contributed by atoms with Crippen LogP contribution in [-0.2, 0) is 5.41 Å². The summed E-state index contributed by atoms with van der Waals surface area (Å²) in [6, 6.07) is 81.7. The van der Waals surface area contributed by atoms with Gasteiger partial charge in [-0.25, -0.2) is 15.0 Å². The second-order valence-electron chi connectivity index (χ2n) is 16.4. The van der Waals surface area contributed by atoms with Crippen molar-refractivity contribution in [2.24, 2.45) is 0 Å². The van der Waals surface area contributed by atoms with E-state index >= 15 is 0 Å². The maximum Gasteiger partial charge on any atom is 0.164 e. The molecule has 0 fully saturated rings. The van der Waals surface area contributed by atoms with Crippen LogP contribution in [0.3, 0.4) is 0 Å². The number of fused-ring (bicyclic) bond motifs is 11. The first kappa shape index (κ1) is 35.9. The van der Waals surface area contributed by atoms with E-state index in [1.807, 2.05) is 60.7 Å². The summed E-state index contributed by atoms with van der Waals surface area (Å²) >= 11 is 0. The minimum atomic E-state index is -0.919. The zero-order chi connectivity index (χ0) is 41.5. The Kier molecular flexibility index (Phi) is 8.06. The fraction of sp³-hybridized carbons (Fsp3) is 0.0172. The predicted molar refractivity (Wildman–Crippen MR) is 260 cm³/mol. The van der Waals surface area contributed by atoms with Gasteiger partial charge in [0.15, 0.2) is 17.5 Å². The van der Waals surface area contributed by atoms with Crippen molar-refractivity contribution >= 4 is 45.6 Å². The fourth-order valence-corrected chi connectivity index (χ4v) is 13.1. The molecule has 2 aliphatic rings. The van der Waals surface area contributed by atoms with Crippen molar-refractivity contribution < 1.29 is 0 Å². The Balaban J connectivity index is 1.02. The normalized spacial score (nSPS) is 15.8. The molecular formula is C58H37N4P. The van der Waals surface area contributed by atoms with E-state index in [1.54, 1.807) is 0 Å². The highest BCUT2D eigenvalue weighted by atomic mass is 31.1. The fourth-order valence-electron chi connectivity index (χ4n) is 10.4. The van der Waals surface area contributed by atoms with Gasteiger partial charge in [0, 0.05) is 27.5 Å². The van der Waals surface area contributed by atoms with Crippen LogP contribution in [0.5, 0.6) is 0 Å². The summed E-state index contributed by atoms with van der Waals surface area (Å²) in [6.07, 6.45) is 0. The molecule has 0 saturated carbocycles. The van der Waals surface area contributed by atoms with E-state index in [1.165, 1.54) is 71.2 Å². The average Bonchev–Trinajstić information content (AvgIpc) is 3.71. The van der Waals surface area contributed by atoms with E-state index in [0.29, 0.717) is 17.5 Å². The molecule has 294 valence electrons. The van der Waals surface area contributed by atoms with Crippen LogP contribution in [0, 0.1) is 0 Å². The molecule has 2 aromatic heterocycles. The third kappa shape index (κ3) is 5.35. The van der Waals surface area contributed by atoms with Gasteiger partial charge in [0.25, 0.3) is 0 Å². The standard InChI is InChI=1S/C58H37N4P/c1-4-17-39(18-5-1)55-59-56(40-19-6-2-7-20-40)61-57(60-55)41-33-31-38(32-34-41)42-35-36-48-53(37-42)63(43-21-8-3-9-22-43)52-30-15-12-26-47(52)58(48)46-25-11-14-29-51(46)62-50-28-13-10-23-44(50)45-24-16-27-49(58)54(45)62/h1-37H/t58?,63-/m1/s1. The Morgan fingerprint density at radius 1 is 0.349 bits per heavy atom. The summed E-state index contributed by atoms with van der Waals surface area (Å²) in [7, 11) is -0.919. The van der Waals surface area contributed by atoms with Gasteiger partial charge in [-0.1, -0.05) is 206 Å². The summed E-state index contributed by atoms with van der Waals surface area (Å²) in [5, 5.41) is 6.69. The van der Waals surface area contributed by atoms with Gasteiger partial charge in [-0.15, -0.1) is 0 Å². The zero-order valence-electron chi connectivity index (χ0n) is 34.1. The molecule has 5 heteroatoms. The van der Waals surface area contributed by atoms with Gasteiger partial charge in [-0.05, 0) is 75.4 Å². The summed E-state index contributed by atoms with van der Waals surface area (Å²) in [5.41, 5.74) is 13.7. The van der Waals surface area contributed by atoms with Crippen molar-refractivity contribution in [1.29, 1.82) is 0 Å². The smallest absolute Gasteiger partial charge is 0.164 e. The summed E-state index contributed by atoms with van der Waals surface area (Å²) in [5.74, 6) is 1.96. The highest BCUT2D eigenvalue weighted by Crippen LogP contribution is 2.58. The summed E-state index contributed by atoms with van der Waals surface area (Å²) < 4.78 is 2.52. The van der Waals surface area contributed by atoms with Gasteiger partial charge in [-0.2, -0.15) is 0 Å². The molecule has 0 radical (unpaired) electrons. The molecule has 1 spiro atoms. The monoisotopic (exact) mass is 820 g/mol. The van der Waals surface area contributed by atoms with Gasteiger partial charge in [0.1, 0.15) is 0 Å². The Morgan fingerprint density at radius 2 is 0.857 bits per heavy atom. The molecular weight excluding hydrogens is 784 g/mol. The summed E-state index contributed by atoms with van der Waals surface area (Å²) in [4.78, 5) is 14.9. The van der Waals surface area contributed by atoms with Crippen LogP contribution in [0.4, 0.5) is 0 Å². The summed E-state index contributed by atoms with van der Waals surface area (Å²) in [6.45, 7) is 0. The highest BCUT2D eigenvalue weighted by molar-refractivity contribution is 7.80. The molecule has 11 aromatic rings. The molecule has 2 atom stereocenters. The lowest BCUT2D eigenvalue weighted by Gasteiger charge is -2.48. The molecule has 2 aliphatic heterocycles. The third-order valence-corrected chi connectivity index (χ3v) is 15.6. The maximum absolute atomic E-state index is 5.02. The zero-order valence-corrected chi connectivity index (χ0v) is 35.0. The first-order valence-electron chi connectivity index (χ1n) is 21.5. The van der Waals surface area contributed by atoms with Gasteiger partial charge in [-0.3, -0.25) is 0 Å². The second kappa shape index (κ2) is 14.1. The van der Waals surface area contributed by atoms with Crippen molar-refractivity contribution in [3.63, 3.8) is 0 Å². The Morgan fingerprint density at radius 3 is 1.57 bits per heavy atom. The van der Waals surface area contributed by atoms with E-state index < -0.39 is 13.3 Å². The SMILES string of the molecule is c1ccc(-c2nc(-c3ccccc3)nc(-c3ccc(-c4ccc5c(c4)[P@](c4ccccc4)c4ccccc4C54c5ccccc5-n5c6ccccc6c6cccc4c65)cc3)n2)cc1. The highest BCUT2D eigenvalue weighted by Gasteiger charge is 2.51. The van der Waals surface area contributed by atoms with E-state index in [2.05, 4.69) is 168 Å². The Hall–Kier alpha value is -7.78. The molecule has 4 heterocycles. The van der Waals surface area contributed by atoms with E-state index in [9.17, 15) is 0 Å². The van der Waals surface area contributed by atoms with Crippen molar-refractivity contribution in [1.82, 2.24) is 19.5 Å². The van der Waals surface area contributed by atoms with E-state index in [0.717, 1.165) is 22.3 Å². The average molecular weight is 821 g/mol. The van der Waals surface area contributed by atoms with Crippen LogP contribution in [0.2, 0.25) is 0 Å². The number of aromatic nitrogens is 4. The quantitative estimate of drug-likeness (QED) is 0.162. The van der Waals surface area contributed by atoms with Crippen molar-refractivity contribution in [2.75, 3.05) is 0 Å². The maximum atomic E-state index is 5.02. The lowest BCUT2D eigenvalue weighted by atomic mass is 9.62. The molecule has 0 aliphatic carbocycles. The molecule has 4 nitrogen and oxygen atoms in total. The van der Waals surface area contributed by atoms with E-state index in [-0.39, 0.29) is 0 Å². The minimum absolute atomic E-state index is 0.548. The van der Waals surface area contributed by atoms with Crippen LogP contribution in [-0.4, -0.2) is 19.5 Å². The Bertz CT molecular complexity index is 3510. The predicted octanol–water partition coefficient (Wildman–Crippen LogP) is 12.4. The van der Waals surface area contributed by atoms with Crippen molar-refractivity contribution in [3.8, 4) is 51.0 Å². The van der Waals surface area contributed by atoms with Crippen molar-refractivity contribution in [3.05, 3.63) is 247 Å². The number of rotatable bonds is 5. The molecule has 0 saturated heterocycles. The van der Waals surface area contributed by atoms with Gasteiger partial charge >= 0.3 is 0 Å². The van der Waals surface area contributed by atoms with Gasteiger partial charge < -0.3 is 4.57 Å². The van der Waals surface area contributed by atoms with Crippen molar-refractivity contribution in [2.45, 2.75) is 5.41 Å². The first-order valence-corrected chi connectivity index (χ1v) is 22.8. The first-order chi connectivity index (χ1) is 31.3. The topological polar surface area (TPSA) is 43.6 Å². The number of hydrogen-bond acceptors (Lipinski definition) is 3. The lowest BCUT2D eigenvalue weighted by Crippen LogP contribution is -2.47. The number of benzene rings is 9. The molecule has 0 amide bonds. The molecule has 1 unspecified atom stereocenters. The van der Waals surface area contributed by atoms with Crippen LogP contribution >= 0.6 is 7.92 Å². The largest absolute Gasteiger partial charge is 0.309 e. The molecule has 63 heavy (non-hydrogen) atoms. The third-order valence-electron chi connectivity index (χ3n) is 13.0. The Labute approximate surface area is 366 Å². The molecule has 13 rings (SSSR count). The number of para-hydroxylation sites is 3. The second-order valence-corrected chi connectivity index (χ2v) is 18.5. The molecule has 9 aromatic carbocycles. The molecule has 0 N–H and O–H groups in total. The van der Waals surface area contributed by atoms with Gasteiger partial charge in [0.2, 0.25) is 0 Å². The number of hydrogen-bond donors (Lipinski definition) is 0. The lowest BCUT2D eigenvalue weighted by molar-refractivity contribution is 0.734.